The molecule has 2 amide bonds. The van der Waals surface area contributed by atoms with Crippen LogP contribution in [0.15, 0.2) is 78.9 Å². The number of methoxy groups -OCH3 is 2. The van der Waals surface area contributed by atoms with Gasteiger partial charge in [-0.3, -0.25) is 29.1 Å². The molecule has 6 rings (SSSR count). The van der Waals surface area contributed by atoms with E-state index in [2.05, 4.69) is 43.3 Å². The number of aliphatic carboxylic acids is 1. The minimum absolute atomic E-state index is 0.0223. The Labute approximate surface area is 506 Å². The summed E-state index contributed by atoms with van der Waals surface area (Å²) < 4.78 is 31.4. The number of carboxylic acid groups (broad SMARTS) is 1. The molecule has 4 aromatic carbocycles. The van der Waals surface area contributed by atoms with Crippen molar-refractivity contribution in [2.75, 3.05) is 73.1 Å². The van der Waals surface area contributed by atoms with Gasteiger partial charge in [-0.1, -0.05) is 83.7 Å². The second kappa shape index (κ2) is 36.0. The number of hydrogen-bond donors (Lipinski definition) is 5. The highest BCUT2D eigenvalue weighted by molar-refractivity contribution is 7.57. The Morgan fingerprint density at radius 3 is 2.18 bits per heavy atom. The molecule has 0 bridgehead atoms. The van der Waals surface area contributed by atoms with Gasteiger partial charge in [0.25, 0.3) is 11.6 Å². The molecule has 5 aromatic rings. The highest BCUT2D eigenvalue weighted by Crippen LogP contribution is 2.37. The van der Waals surface area contributed by atoms with Crippen molar-refractivity contribution in [2.24, 2.45) is 5.73 Å². The molecule has 450 valence electrons. The third-order valence-corrected chi connectivity index (χ3v) is 13.3. The summed E-state index contributed by atoms with van der Waals surface area (Å²) in [7, 11) is -0.331. The van der Waals surface area contributed by atoms with E-state index in [-0.39, 0.29) is 75.7 Å². The van der Waals surface area contributed by atoms with E-state index in [4.69, 9.17) is 99.5 Å². The average molecular weight is 1280 g/mol. The van der Waals surface area contributed by atoms with Crippen LogP contribution in [0.2, 0.25) is 15.3 Å². The molecule has 4 atom stereocenters. The molecular formula is C53H68Cl6N9O13P. The zero-order valence-corrected chi connectivity index (χ0v) is 52.1. The SMILES string of the molecule is CC1COc2ccccc2N1C(=O)C(Cl)Cl.CCNc1nc(Cl)nc(NC(C)C)n1.CCc1cccc(C)c1N(C(=O)CCl)C(C)COC.COC(=O)c1cc(Oc2ccc(Cl)cc2Cl)ccc1[N+](=O)[O-].CP(=O)(O)CCC(N)C(=O)O. The standard InChI is InChI=1S/C15H22ClNO2.C14H9Cl2NO5.C11H11Cl2NO2.C8H14ClN5.C5H12NO4P/c1-5-13-8-6-7-11(2)15(13)17(14(18)9-16)12(3)10-19-4;1-21-14(18)10-7-9(3-4-12(10)17(19)20)22-13-5-2-8(15)6-11(13)16;1-7-6-16-9-5-3-2-4-8(9)14(7)11(15)10(12)13;1-4-10-7-12-6(9)13-8(14-7)11-5(2)3;1-11(9,10)3-2-4(6)5(7)8/h6-8,12H,5,9-10H2,1-4H3;2-7H,1H3;2-5,7,10H,6H2,1H3;5H,4H2,1-3H3,(H2,10,11,12,13,14);4H,2-3,6H2,1H3,(H,7,8)(H,9,10). The van der Waals surface area contributed by atoms with Gasteiger partial charge in [-0.05, 0) is 114 Å². The third kappa shape index (κ3) is 24.2. The summed E-state index contributed by atoms with van der Waals surface area (Å²) in [6, 6.07) is 20.9. The number of aryl methyl sites for hydroxylation is 2. The Kier molecular flexibility index (Phi) is 31.8. The first-order chi connectivity index (χ1) is 38.5. The number of carbonyl (C=O) groups excluding carboxylic acids is 3. The summed E-state index contributed by atoms with van der Waals surface area (Å²) in [5.41, 5.74) is 8.44. The Morgan fingerprint density at radius 2 is 1.63 bits per heavy atom. The molecule has 4 unspecified atom stereocenters. The van der Waals surface area contributed by atoms with Crippen LogP contribution in [0, 0.1) is 17.0 Å². The number of amides is 2. The Balaban J connectivity index is 0.000000357. The first-order valence-corrected chi connectivity index (χ1v) is 29.8. The Hall–Kier alpha value is -5.78. The number of anilines is 4. The van der Waals surface area contributed by atoms with E-state index in [1.54, 1.807) is 29.0 Å². The number of rotatable bonds is 19. The summed E-state index contributed by atoms with van der Waals surface area (Å²) in [4.78, 5) is 79.1. The van der Waals surface area contributed by atoms with Crippen LogP contribution in [-0.2, 0) is 34.8 Å². The van der Waals surface area contributed by atoms with E-state index in [0.717, 1.165) is 48.6 Å². The maximum atomic E-state index is 12.2. The lowest BCUT2D eigenvalue weighted by Crippen LogP contribution is -2.47. The molecular weight excluding hydrogens is 1210 g/mol. The number of aromatic nitrogens is 3. The first-order valence-electron chi connectivity index (χ1n) is 25.0. The summed E-state index contributed by atoms with van der Waals surface area (Å²) in [5, 5.41) is 26.1. The summed E-state index contributed by atoms with van der Waals surface area (Å²) in [6.07, 6.45) is 0.878. The Morgan fingerprint density at radius 1 is 0.976 bits per heavy atom. The van der Waals surface area contributed by atoms with Crippen molar-refractivity contribution in [3.05, 3.63) is 121 Å². The number of alkyl halides is 3. The van der Waals surface area contributed by atoms with E-state index in [9.17, 15) is 33.9 Å². The highest BCUT2D eigenvalue weighted by atomic mass is 35.5. The van der Waals surface area contributed by atoms with Crippen molar-refractivity contribution in [2.45, 2.75) is 90.3 Å². The monoisotopic (exact) mass is 1280 g/mol. The van der Waals surface area contributed by atoms with Crippen LogP contribution in [0.3, 0.4) is 0 Å². The lowest BCUT2D eigenvalue weighted by Gasteiger charge is -2.35. The van der Waals surface area contributed by atoms with Gasteiger partial charge in [0.2, 0.25) is 23.1 Å². The van der Waals surface area contributed by atoms with Gasteiger partial charge in [0.15, 0.2) is 12.2 Å². The van der Waals surface area contributed by atoms with E-state index in [0.29, 0.717) is 41.6 Å². The molecule has 82 heavy (non-hydrogen) atoms. The van der Waals surface area contributed by atoms with Gasteiger partial charge in [-0.25, -0.2) is 4.79 Å². The fourth-order valence-electron chi connectivity index (χ4n) is 7.17. The number of carboxylic acids is 1. The van der Waals surface area contributed by atoms with Gasteiger partial charge in [0.1, 0.15) is 41.3 Å². The molecule has 1 aromatic heterocycles. The fourth-order valence-corrected chi connectivity index (χ4v) is 8.87. The van der Waals surface area contributed by atoms with E-state index >= 15 is 0 Å². The number of nitrogens with one attached hydrogen (secondary N) is 2. The zero-order chi connectivity index (χ0) is 62.0. The maximum absolute atomic E-state index is 12.2. The van der Waals surface area contributed by atoms with Crippen LogP contribution in [-0.4, -0.2) is 135 Å². The normalized spacial score (nSPS) is 13.6. The predicted molar refractivity (Wildman–Crippen MR) is 324 cm³/mol. The fraction of sp³-hybridized carbons (Fsp3) is 0.415. The highest BCUT2D eigenvalue weighted by Gasteiger charge is 2.32. The number of nitro groups is 1. The number of fused-ring (bicyclic) bond motifs is 1. The van der Waals surface area contributed by atoms with Crippen LogP contribution in [0.1, 0.15) is 69.4 Å². The van der Waals surface area contributed by atoms with Gasteiger partial charge in [-0.15, -0.1) is 11.6 Å². The van der Waals surface area contributed by atoms with Gasteiger partial charge < -0.3 is 55.1 Å². The molecule has 22 nitrogen and oxygen atoms in total. The molecule has 0 saturated heterocycles. The van der Waals surface area contributed by atoms with Gasteiger partial charge in [0.05, 0.1) is 47.1 Å². The molecule has 0 saturated carbocycles. The number of ether oxygens (including phenoxy) is 4. The topological polar surface area (TPSA) is 301 Å². The van der Waals surface area contributed by atoms with Crippen LogP contribution >= 0.6 is 77.0 Å². The second-order valence-corrected chi connectivity index (χ2v) is 23.1. The summed E-state index contributed by atoms with van der Waals surface area (Å²) in [5.74, 6) is -0.217. The molecule has 0 radical (unpaired) electrons. The lowest BCUT2D eigenvalue weighted by molar-refractivity contribution is -0.385. The van der Waals surface area contributed by atoms with E-state index in [1.807, 2.05) is 77.9 Å². The average Bonchev–Trinajstić information content (AvgIpc) is 3.45. The molecule has 1 aliphatic rings. The largest absolute Gasteiger partial charge is 0.489 e. The molecule has 29 heteroatoms. The van der Waals surface area contributed by atoms with Crippen molar-refractivity contribution in [3.8, 4) is 17.2 Å². The number of esters is 1. The predicted octanol–water partition coefficient (Wildman–Crippen LogP) is 11.7. The third-order valence-electron chi connectivity index (χ3n) is 10.9. The number of hydrogen-bond acceptors (Lipinski definition) is 17. The lowest BCUT2D eigenvalue weighted by atomic mass is 10.0. The van der Waals surface area contributed by atoms with Crippen molar-refractivity contribution in [3.63, 3.8) is 0 Å². The van der Waals surface area contributed by atoms with Crippen molar-refractivity contribution in [1.29, 1.82) is 0 Å². The smallest absolute Gasteiger partial charge is 0.345 e. The number of para-hydroxylation sites is 3. The van der Waals surface area contributed by atoms with Crippen LogP contribution in [0.4, 0.5) is 29.0 Å². The Bertz CT molecular complexity index is 2960. The number of carbonyl (C=O) groups is 4. The van der Waals surface area contributed by atoms with Crippen molar-refractivity contribution < 1.29 is 57.6 Å². The van der Waals surface area contributed by atoms with Crippen molar-refractivity contribution in [1.82, 2.24) is 15.0 Å². The van der Waals surface area contributed by atoms with Crippen LogP contribution in [0.5, 0.6) is 17.2 Å². The van der Waals surface area contributed by atoms with Gasteiger partial charge in [0, 0.05) is 49.7 Å². The van der Waals surface area contributed by atoms with Crippen LogP contribution < -0.4 is 35.6 Å². The van der Waals surface area contributed by atoms with E-state index in [1.165, 1.54) is 24.9 Å². The zero-order valence-electron chi connectivity index (χ0n) is 46.7. The summed E-state index contributed by atoms with van der Waals surface area (Å²) >= 11 is 34.5. The molecule has 0 aliphatic carbocycles. The molecule has 6 N–H and O–H groups in total. The number of benzene rings is 4. The van der Waals surface area contributed by atoms with E-state index < -0.39 is 35.1 Å². The molecule has 2 heterocycles. The van der Waals surface area contributed by atoms with Gasteiger partial charge in [-0.2, -0.15) is 15.0 Å². The minimum Gasteiger partial charge on any atom is -0.489 e. The number of nitrogens with zero attached hydrogens (tertiary/aromatic N) is 6. The van der Waals surface area contributed by atoms with Crippen molar-refractivity contribution >= 4 is 130 Å². The minimum atomic E-state index is -3.10. The molecule has 0 fully saturated rings. The molecule has 0 spiro atoms. The maximum Gasteiger partial charge on any atom is 0.345 e. The quantitative estimate of drug-likeness (QED) is 0.0169. The summed E-state index contributed by atoms with van der Waals surface area (Å²) in [6.45, 7) is 16.8. The van der Waals surface area contributed by atoms with Crippen LogP contribution in [0.25, 0.3) is 0 Å². The molecule has 1 aliphatic heterocycles. The van der Waals surface area contributed by atoms with Gasteiger partial charge >= 0.3 is 11.9 Å². The number of nitrogens with two attached hydrogens (primary N) is 1. The second-order valence-electron chi connectivity index (χ2n) is 18.0. The number of halogens is 6. The number of nitro benzene ring substituents is 1. The first kappa shape index (κ1) is 72.3.